The maximum atomic E-state index is 13.6. The summed E-state index contributed by atoms with van der Waals surface area (Å²) in [6, 6.07) is 2.84. The molecule has 0 heterocycles. The Kier molecular flexibility index (Phi) is 4.65. The van der Waals surface area contributed by atoms with E-state index in [2.05, 4.69) is 5.32 Å². The standard InChI is InChI=1S/C13H17F3N2O2/c1-12(2,3)20-11(19)18-8-4-5-9(10(14)6-8)13(15,16)7-17/h4-6H,7,17H2,1-3H3,(H,18,19). The Balaban J connectivity index is 2.86. The first-order chi connectivity index (χ1) is 9.05. The molecule has 0 saturated carbocycles. The smallest absolute Gasteiger partial charge is 0.412 e. The van der Waals surface area contributed by atoms with Gasteiger partial charge in [0.2, 0.25) is 0 Å². The third-order valence-electron chi connectivity index (χ3n) is 2.26. The number of rotatable bonds is 3. The van der Waals surface area contributed by atoms with Crippen LogP contribution in [0.2, 0.25) is 0 Å². The Morgan fingerprint density at radius 2 is 1.95 bits per heavy atom. The van der Waals surface area contributed by atoms with Crippen LogP contribution in [0.4, 0.5) is 23.7 Å². The fraction of sp³-hybridized carbons (Fsp3) is 0.462. The molecule has 0 saturated heterocycles. The molecule has 4 nitrogen and oxygen atoms in total. The normalized spacial score (nSPS) is 12.2. The Morgan fingerprint density at radius 1 is 1.35 bits per heavy atom. The van der Waals surface area contributed by atoms with Crippen molar-refractivity contribution in [3.63, 3.8) is 0 Å². The Hall–Kier alpha value is -1.76. The van der Waals surface area contributed by atoms with E-state index in [1.54, 1.807) is 20.8 Å². The average Bonchev–Trinajstić information content (AvgIpc) is 2.25. The second kappa shape index (κ2) is 5.70. The van der Waals surface area contributed by atoms with Gasteiger partial charge in [-0.05, 0) is 39.0 Å². The van der Waals surface area contributed by atoms with Crippen molar-refractivity contribution in [1.29, 1.82) is 0 Å². The quantitative estimate of drug-likeness (QED) is 0.898. The SMILES string of the molecule is CC(C)(C)OC(=O)Nc1ccc(C(F)(F)CN)c(F)c1. The van der Waals surface area contributed by atoms with Crippen molar-refractivity contribution in [2.24, 2.45) is 5.73 Å². The second-order valence-electron chi connectivity index (χ2n) is 5.23. The van der Waals surface area contributed by atoms with Gasteiger partial charge < -0.3 is 10.5 Å². The second-order valence-corrected chi connectivity index (χ2v) is 5.23. The molecule has 0 aromatic heterocycles. The number of carbonyl (C=O) groups excluding carboxylic acids is 1. The minimum atomic E-state index is -3.45. The molecule has 20 heavy (non-hydrogen) atoms. The van der Waals surface area contributed by atoms with Crippen LogP contribution in [-0.4, -0.2) is 18.2 Å². The minimum Gasteiger partial charge on any atom is -0.444 e. The van der Waals surface area contributed by atoms with E-state index < -0.39 is 35.5 Å². The van der Waals surface area contributed by atoms with E-state index >= 15 is 0 Å². The highest BCUT2D eigenvalue weighted by Gasteiger charge is 2.32. The number of hydrogen-bond acceptors (Lipinski definition) is 3. The van der Waals surface area contributed by atoms with Crippen LogP contribution in [0.3, 0.4) is 0 Å². The van der Waals surface area contributed by atoms with E-state index in [0.29, 0.717) is 0 Å². The molecule has 3 N–H and O–H groups in total. The zero-order valence-corrected chi connectivity index (χ0v) is 11.5. The molecule has 1 amide bonds. The van der Waals surface area contributed by atoms with Gasteiger partial charge in [0.05, 0.1) is 12.1 Å². The summed E-state index contributed by atoms with van der Waals surface area (Å²) in [4.78, 5) is 11.5. The molecule has 0 aliphatic heterocycles. The summed E-state index contributed by atoms with van der Waals surface area (Å²) in [5, 5.41) is 2.26. The summed E-state index contributed by atoms with van der Waals surface area (Å²) >= 11 is 0. The topological polar surface area (TPSA) is 64.3 Å². The summed E-state index contributed by atoms with van der Waals surface area (Å²) in [7, 11) is 0. The number of nitrogens with one attached hydrogen (secondary N) is 1. The van der Waals surface area contributed by atoms with Crippen LogP contribution in [0.25, 0.3) is 0 Å². The maximum Gasteiger partial charge on any atom is 0.412 e. The van der Waals surface area contributed by atoms with E-state index in [0.717, 1.165) is 18.2 Å². The first-order valence-electron chi connectivity index (χ1n) is 5.93. The highest BCUT2D eigenvalue weighted by atomic mass is 19.3. The summed E-state index contributed by atoms with van der Waals surface area (Å²) in [5.74, 6) is -4.59. The minimum absolute atomic E-state index is 0.0216. The average molecular weight is 290 g/mol. The van der Waals surface area contributed by atoms with E-state index in [-0.39, 0.29) is 5.69 Å². The molecule has 112 valence electrons. The van der Waals surface area contributed by atoms with Crippen LogP contribution in [-0.2, 0) is 10.7 Å². The maximum absolute atomic E-state index is 13.6. The van der Waals surface area contributed by atoms with Crippen molar-refractivity contribution >= 4 is 11.8 Å². The lowest BCUT2D eigenvalue weighted by Crippen LogP contribution is -2.28. The van der Waals surface area contributed by atoms with Crippen LogP contribution in [0.15, 0.2) is 18.2 Å². The highest BCUT2D eigenvalue weighted by Crippen LogP contribution is 2.30. The molecule has 0 fully saturated rings. The van der Waals surface area contributed by atoms with Gasteiger partial charge in [-0.3, -0.25) is 5.32 Å². The fourth-order valence-corrected chi connectivity index (χ4v) is 1.42. The lowest BCUT2D eigenvalue weighted by atomic mass is 10.1. The van der Waals surface area contributed by atoms with E-state index in [4.69, 9.17) is 10.5 Å². The van der Waals surface area contributed by atoms with Crippen LogP contribution in [0.5, 0.6) is 0 Å². The number of nitrogens with two attached hydrogens (primary N) is 1. The Bertz CT molecular complexity index is 499. The highest BCUT2D eigenvalue weighted by molar-refractivity contribution is 5.84. The van der Waals surface area contributed by atoms with Gasteiger partial charge in [0.1, 0.15) is 11.4 Å². The van der Waals surface area contributed by atoms with E-state index in [9.17, 15) is 18.0 Å². The van der Waals surface area contributed by atoms with Crippen molar-refractivity contribution in [3.05, 3.63) is 29.6 Å². The molecular weight excluding hydrogens is 273 g/mol. The predicted octanol–water partition coefficient (Wildman–Crippen LogP) is 3.22. The molecule has 0 spiro atoms. The van der Waals surface area contributed by atoms with Gasteiger partial charge in [0.25, 0.3) is 5.92 Å². The molecular formula is C13H17F3N2O2. The van der Waals surface area contributed by atoms with Gasteiger partial charge in [-0.2, -0.15) is 8.78 Å². The van der Waals surface area contributed by atoms with Crippen LogP contribution in [0, 0.1) is 5.82 Å². The monoisotopic (exact) mass is 290 g/mol. The van der Waals surface area contributed by atoms with Crippen LogP contribution >= 0.6 is 0 Å². The van der Waals surface area contributed by atoms with Crippen molar-refractivity contribution in [2.45, 2.75) is 32.3 Å². The number of amides is 1. The number of hydrogen-bond donors (Lipinski definition) is 2. The summed E-state index contributed by atoms with van der Waals surface area (Å²) in [6.45, 7) is 4.00. The number of halogens is 3. The number of ether oxygens (including phenoxy) is 1. The molecule has 0 atom stereocenters. The number of benzene rings is 1. The Labute approximate surface area is 115 Å². The molecule has 1 aromatic rings. The summed E-state index contributed by atoms with van der Waals surface area (Å²) in [6.07, 6.45) is -0.796. The zero-order chi connectivity index (χ0) is 15.6. The van der Waals surface area contributed by atoms with Crippen molar-refractivity contribution in [1.82, 2.24) is 0 Å². The third kappa shape index (κ3) is 4.41. The predicted molar refractivity (Wildman–Crippen MR) is 69.2 cm³/mol. The van der Waals surface area contributed by atoms with Gasteiger partial charge in [-0.25, -0.2) is 9.18 Å². The van der Waals surface area contributed by atoms with Gasteiger partial charge >= 0.3 is 6.09 Å². The molecule has 1 aromatic carbocycles. The third-order valence-corrected chi connectivity index (χ3v) is 2.26. The largest absolute Gasteiger partial charge is 0.444 e. The lowest BCUT2D eigenvalue weighted by Gasteiger charge is -2.20. The van der Waals surface area contributed by atoms with E-state index in [1.165, 1.54) is 0 Å². The van der Waals surface area contributed by atoms with E-state index in [1.807, 2.05) is 0 Å². The summed E-state index contributed by atoms with van der Waals surface area (Å²) in [5.41, 5.74) is 3.39. The molecule has 0 aliphatic rings. The van der Waals surface area contributed by atoms with Crippen molar-refractivity contribution in [2.75, 3.05) is 11.9 Å². The molecule has 7 heteroatoms. The molecule has 1 rings (SSSR count). The molecule has 0 unspecified atom stereocenters. The Morgan fingerprint density at radius 3 is 2.40 bits per heavy atom. The van der Waals surface area contributed by atoms with Crippen LogP contribution < -0.4 is 11.1 Å². The summed E-state index contributed by atoms with van der Waals surface area (Å²) < 4.78 is 45.1. The zero-order valence-electron chi connectivity index (χ0n) is 11.5. The number of carbonyl (C=O) groups is 1. The first-order valence-corrected chi connectivity index (χ1v) is 5.93. The van der Waals surface area contributed by atoms with Gasteiger partial charge in [0, 0.05) is 5.69 Å². The lowest BCUT2D eigenvalue weighted by molar-refractivity contribution is 0.00242. The van der Waals surface area contributed by atoms with Gasteiger partial charge in [-0.1, -0.05) is 0 Å². The van der Waals surface area contributed by atoms with Gasteiger partial charge in [0.15, 0.2) is 0 Å². The van der Waals surface area contributed by atoms with Crippen molar-refractivity contribution in [3.8, 4) is 0 Å². The van der Waals surface area contributed by atoms with Crippen molar-refractivity contribution < 1.29 is 22.7 Å². The molecule has 0 radical (unpaired) electrons. The number of anilines is 1. The van der Waals surface area contributed by atoms with Crippen LogP contribution in [0.1, 0.15) is 26.3 Å². The molecule has 0 aliphatic carbocycles. The van der Waals surface area contributed by atoms with Gasteiger partial charge in [-0.15, -0.1) is 0 Å². The number of alkyl halides is 2. The fourth-order valence-electron chi connectivity index (χ4n) is 1.42. The first kappa shape index (κ1) is 16.3. The molecule has 0 bridgehead atoms.